The molecule has 1 aromatic heterocycles. The molecule has 25 heavy (non-hydrogen) atoms. The minimum absolute atomic E-state index is 0.263. The van der Waals surface area contributed by atoms with Crippen molar-refractivity contribution in [2.24, 2.45) is 0 Å². The van der Waals surface area contributed by atoms with Crippen LogP contribution in [0.2, 0.25) is 0 Å². The Labute approximate surface area is 144 Å². The Morgan fingerprint density at radius 1 is 1.08 bits per heavy atom. The van der Waals surface area contributed by atoms with Crippen LogP contribution >= 0.6 is 0 Å². The summed E-state index contributed by atoms with van der Waals surface area (Å²) in [6.07, 6.45) is 1.80. The number of halogens is 1. The first-order chi connectivity index (χ1) is 12.2. The molecule has 0 N–H and O–H groups in total. The fourth-order valence-electron chi connectivity index (χ4n) is 2.43. The van der Waals surface area contributed by atoms with E-state index in [2.05, 4.69) is 4.98 Å². The third-order valence-electron chi connectivity index (χ3n) is 3.71. The summed E-state index contributed by atoms with van der Waals surface area (Å²) in [5.41, 5.74) is 2.15. The number of hydrogen-bond acceptors (Lipinski definition) is 4. The van der Waals surface area contributed by atoms with Gasteiger partial charge in [-0.25, -0.2) is 9.37 Å². The number of benzene rings is 2. The van der Waals surface area contributed by atoms with E-state index in [9.17, 15) is 9.18 Å². The van der Waals surface area contributed by atoms with Gasteiger partial charge in [0.1, 0.15) is 24.5 Å². The molecule has 126 valence electrons. The topological polar surface area (TPSA) is 48.4 Å². The quantitative estimate of drug-likeness (QED) is 0.630. The highest BCUT2D eigenvalue weighted by molar-refractivity contribution is 5.82. The van der Waals surface area contributed by atoms with Crippen molar-refractivity contribution in [3.8, 4) is 22.8 Å². The molecule has 0 amide bonds. The molecule has 4 nitrogen and oxygen atoms in total. The molecule has 0 spiro atoms. The third-order valence-corrected chi connectivity index (χ3v) is 3.71. The lowest BCUT2D eigenvalue weighted by Crippen LogP contribution is -1.99. The van der Waals surface area contributed by atoms with E-state index < -0.39 is 5.82 Å². The lowest BCUT2D eigenvalue weighted by molar-refractivity contribution is 0.112. The van der Waals surface area contributed by atoms with Crippen molar-refractivity contribution >= 4 is 6.29 Å². The van der Waals surface area contributed by atoms with Crippen LogP contribution in [-0.4, -0.2) is 18.4 Å². The summed E-state index contributed by atoms with van der Waals surface area (Å²) in [4.78, 5) is 15.0. The highest BCUT2D eigenvalue weighted by atomic mass is 19.1. The minimum atomic E-state index is -0.520. The molecule has 5 heteroatoms. The summed E-state index contributed by atoms with van der Waals surface area (Å²) >= 11 is 0. The van der Waals surface area contributed by atoms with E-state index in [4.69, 9.17) is 9.47 Å². The predicted molar refractivity (Wildman–Crippen MR) is 92.3 cm³/mol. The summed E-state index contributed by atoms with van der Waals surface area (Å²) in [5.74, 6) is 0.233. The van der Waals surface area contributed by atoms with E-state index in [1.165, 1.54) is 13.2 Å². The fourth-order valence-corrected chi connectivity index (χ4v) is 2.43. The molecule has 0 aliphatic rings. The molecular formula is C20H16FNO3. The molecular weight excluding hydrogens is 321 g/mol. The lowest BCUT2D eigenvalue weighted by atomic mass is 10.0. The van der Waals surface area contributed by atoms with Crippen molar-refractivity contribution in [1.29, 1.82) is 0 Å². The zero-order valence-electron chi connectivity index (χ0n) is 13.6. The van der Waals surface area contributed by atoms with Crippen molar-refractivity contribution in [3.63, 3.8) is 0 Å². The van der Waals surface area contributed by atoms with Gasteiger partial charge in [-0.15, -0.1) is 0 Å². The van der Waals surface area contributed by atoms with Gasteiger partial charge in [-0.3, -0.25) is 4.79 Å². The molecule has 0 atom stereocenters. The summed E-state index contributed by atoms with van der Waals surface area (Å²) in [5, 5.41) is 0. The molecule has 1 heterocycles. The van der Waals surface area contributed by atoms with E-state index in [1.54, 1.807) is 18.2 Å². The highest BCUT2D eigenvalue weighted by Gasteiger charge is 2.14. The molecule has 0 radical (unpaired) electrons. The van der Waals surface area contributed by atoms with Crippen LogP contribution in [0.1, 0.15) is 15.9 Å². The predicted octanol–water partition coefficient (Wildman–Crippen LogP) is 4.29. The van der Waals surface area contributed by atoms with Crippen LogP contribution in [0.15, 0.2) is 60.8 Å². The maximum absolute atomic E-state index is 14.3. The van der Waals surface area contributed by atoms with Crippen LogP contribution < -0.4 is 9.47 Å². The lowest BCUT2D eigenvalue weighted by Gasteiger charge is -2.13. The Morgan fingerprint density at radius 3 is 2.60 bits per heavy atom. The highest BCUT2D eigenvalue weighted by Crippen LogP contribution is 2.34. The van der Waals surface area contributed by atoms with Crippen LogP contribution in [0, 0.1) is 5.82 Å². The number of carbonyl (C=O) groups is 1. The van der Waals surface area contributed by atoms with E-state index >= 15 is 0 Å². The number of carbonyl (C=O) groups excluding carboxylic acids is 1. The molecule has 0 fully saturated rings. The van der Waals surface area contributed by atoms with Gasteiger partial charge in [0.05, 0.1) is 13.3 Å². The normalized spacial score (nSPS) is 10.3. The number of rotatable bonds is 6. The second-order valence-corrected chi connectivity index (χ2v) is 5.35. The fraction of sp³-hybridized carbons (Fsp3) is 0.100. The molecule has 0 aliphatic heterocycles. The molecule has 0 aliphatic carbocycles. The van der Waals surface area contributed by atoms with Gasteiger partial charge in [-0.05, 0) is 23.8 Å². The van der Waals surface area contributed by atoms with Crippen LogP contribution in [0.3, 0.4) is 0 Å². The Bertz CT molecular complexity index is 881. The van der Waals surface area contributed by atoms with Crippen LogP contribution in [0.25, 0.3) is 11.1 Å². The average molecular weight is 337 g/mol. The van der Waals surface area contributed by atoms with E-state index in [-0.39, 0.29) is 11.4 Å². The standard InChI is InChI=1S/C20H16FNO3/c1-24-20-10-16(18(21)11-22-20)17-9-15(12-23)7-8-19(17)25-13-14-5-3-2-4-6-14/h2-12H,13H2,1H3. The molecule has 0 unspecified atom stereocenters. The zero-order valence-corrected chi connectivity index (χ0v) is 13.6. The van der Waals surface area contributed by atoms with Crippen molar-refractivity contribution < 1.29 is 18.7 Å². The van der Waals surface area contributed by atoms with Crippen molar-refractivity contribution in [2.45, 2.75) is 6.61 Å². The second-order valence-electron chi connectivity index (χ2n) is 5.35. The van der Waals surface area contributed by atoms with E-state index in [1.807, 2.05) is 30.3 Å². The molecule has 0 saturated heterocycles. The third kappa shape index (κ3) is 3.83. The SMILES string of the molecule is COc1cc(-c2cc(C=O)ccc2OCc2ccccc2)c(F)cn1. The van der Waals surface area contributed by atoms with Crippen LogP contribution in [0.4, 0.5) is 4.39 Å². The van der Waals surface area contributed by atoms with E-state index in [0.717, 1.165) is 11.8 Å². The van der Waals surface area contributed by atoms with Gasteiger partial charge in [0.25, 0.3) is 0 Å². The second kappa shape index (κ2) is 7.57. The first kappa shape index (κ1) is 16.6. The Hall–Kier alpha value is -3.21. The summed E-state index contributed by atoms with van der Waals surface area (Å²) in [7, 11) is 1.46. The van der Waals surface area contributed by atoms with Crippen molar-refractivity contribution in [2.75, 3.05) is 7.11 Å². The molecule has 2 aromatic carbocycles. The maximum atomic E-state index is 14.3. The van der Waals surface area contributed by atoms with Gasteiger partial charge < -0.3 is 9.47 Å². The van der Waals surface area contributed by atoms with Gasteiger partial charge in [0, 0.05) is 22.8 Å². The van der Waals surface area contributed by atoms with Gasteiger partial charge in [-0.1, -0.05) is 30.3 Å². The Balaban J connectivity index is 2.00. The van der Waals surface area contributed by atoms with Gasteiger partial charge in [0.15, 0.2) is 0 Å². The first-order valence-electron chi connectivity index (χ1n) is 7.67. The maximum Gasteiger partial charge on any atom is 0.213 e. The van der Waals surface area contributed by atoms with E-state index in [0.29, 0.717) is 29.8 Å². The van der Waals surface area contributed by atoms with Crippen molar-refractivity contribution in [3.05, 3.63) is 77.7 Å². The molecule has 3 rings (SSSR count). The number of ether oxygens (including phenoxy) is 2. The number of hydrogen-bond donors (Lipinski definition) is 0. The van der Waals surface area contributed by atoms with Crippen LogP contribution in [-0.2, 0) is 6.61 Å². The number of nitrogens with zero attached hydrogens (tertiary/aromatic N) is 1. The number of methoxy groups -OCH3 is 1. The van der Waals surface area contributed by atoms with Gasteiger partial charge >= 0.3 is 0 Å². The summed E-state index contributed by atoms with van der Waals surface area (Å²) < 4.78 is 25.2. The summed E-state index contributed by atoms with van der Waals surface area (Å²) in [6, 6.07) is 16.0. The zero-order chi connectivity index (χ0) is 17.6. The minimum Gasteiger partial charge on any atom is -0.488 e. The van der Waals surface area contributed by atoms with Crippen molar-refractivity contribution in [1.82, 2.24) is 4.98 Å². The Morgan fingerprint density at radius 2 is 1.88 bits per heavy atom. The number of pyridine rings is 1. The molecule has 3 aromatic rings. The smallest absolute Gasteiger partial charge is 0.213 e. The average Bonchev–Trinajstić information content (AvgIpc) is 2.67. The number of aldehydes is 1. The van der Waals surface area contributed by atoms with Crippen LogP contribution in [0.5, 0.6) is 11.6 Å². The number of aromatic nitrogens is 1. The van der Waals surface area contributed by atoms with Gasteiger partial charge in [-0.2, -0.15) is 0 Å². The van der Waals surface area contributed by atoms with Gasteiger partial charge in [0.2, 0.25) is 5.88 Å². The Kier molecular flexibility index (Phi) is 5.04. The monoisotopic (exact) mass is 337 g/mol. The molecule has 0 bridgehead atoms. The summed E-state index contributed by atoms with van der Waals surface area (Å²) in [6.45, 7) is 0.331. The first-order valence-corrected chi connectivity index (χ1v) is 7.67. The largest absolute Gasteiger partial charge is 0.488 e. The molecule has 0 saturated carbocycles.